The van der Waals surface area contributed by atoms with E-state index in [4.69, 9.17) is 11.6 Å². The number of thiazole rings is 1. The summed E-state index contributed by atoms with van der Waals surface area (Å²) in [6.07, 6.45) is 3.61. The molecule has 0 spiro atoms. The number of carbonyl (C=O) groups excluding carboxylic acids is 3. The Morgan fingerprint density at radius 3 is 2.61 bits per heavy atom. The molecule has 2 atom stereocenters. The normalized spacial score (nSPS) is 20.4. The zero-order valence-electron chi connectivity index (χ0n) is 18.0. The molecule has 33 heavy (non-hydrogen) atoms. The fourth-order valence-corrected chi connectivity index (χ4v) is 6.63. The lowest BCUT2D eigenvalue weighted by molar-refractivity contribution is -0.122. The van der Waals surface area contributed by atoms with Crippen LogP contribution < -0.4 is 10.2 Å². The summed E-state index contributed by atoms with van der Waals surface area (Å²) in [5.41, 5.74) is 3.04. The Balaban J connectivity index is 1.29. The number of thioether (sulfide) groups is 1. The third-order valence-electron chi connectivity index (χ3n) is 6.25. The van der Waals surface area contributed by atoms with E-state index >= 15 is 0 Å². The highest BCUT2D eigenvalue weighted by atomic mass is 35.5. The Morgan fingerprint density at radius 2 is 1.88 bits per heavy atom. The minimum Gasteiger partial charge on any atom is -0.325 e. The van der Waals surface area contributed by atoms with Gasteiger partial charge in [-0.05, 0) is 55.7 Å². The monoisotopic (exact) mass is 499 g/mol. The number of benzene rings is 2. The van der Waals surface area contributed by atoms with E-state index in [0.717, 1.165) is 45.8 Å². The highest BCUT2D eigenvalue weighted by Crippen LogP contribution is 2.41. The summed E-state index contributed by atoms with van der Waals surface area (Å²) in [6.45, 7) is 1.91. The molecule has 1 saturated heterocycles. The van der Waals surface area contributed by atoms with Crippen molar-refractivity contribution in [1.29, 1.82) is 0 Å². The maximum atomic E-state index is 12.9. The van der Waals surface area contributed by atoms with E-state index in [0.29, 0.717) is 16.4 Å². The van der Waals surface area contributed by atoms with Gasteiger partial charge in [0.15, 0.2) is 4.34 Å². The summed E-state index contributed by atoms with van der Waals surface area (Å²) >= 11 is 8.83. The van der Waals surface area contributed by atoms with Gasteiger partial charge >= 0.3 is 0 Å². The molecule has 2 heterocycles. The number of rotatable bonds is 5. The van der Waals surface area contributed by atoms with Crippen LogP contribution >= 0.6 is 34.7 Å². The number of fused-ring (bicyclic) bond motifs is 2. The molecule has 1 N–H and O–H groups in total. The smallest absolute Gasteiger partial charge is 0.237 e. The zero-order chi connectivity index (χ0) is 23.1. The number of halogens is 1. The van der Waals surface area contributed by atoms with Crippen LogP contribution in [0, 0.1) is 18.8 Å². The third-order valence-corrected chi connectivity index (χ3v) is 8.65. The van der Waals surface area contributed by atoms with Gasteiger partial charge < -0.3 is 5.32 Å². The molecule has 9 heteroatoms. The van der Waals surface area contributed by atoms with Gasteiger partial charge in [0, 0.05) is 10.7 Å². The molecule has 2 aromatic carbocycles. The first-order valence-corrected chi connectivity index (χ1v) is 13.1. The van der Waals surface area contributed by atoms with E-state index in [1.807, 2.05) is 25.1 Å². The van der Waals surface area contributed by atoms with Gasteiger partial charge in [0.1, 0.15) is 0 Å². The summed E-state index contributed by atoms with van der Waals surface area (Å²) in [5, 5.41) is 3.46. The maximum Gasteiger partial charge on any atom is 0.237 e. The maximum absolute atomic E-state index is 12.9. The second kappa shape index (κ2) is 9.08. The number of carbonyl (C=O) groups is 3. The summed E-state index contributed by atoms with van der Waals surface area (Å²) in [4.78, 5) is 44.2. The van der Waals surface area contributed by atoms with Crippen LogP contribution in [0.3, 0.4) is 0 Å². The summed E-state index contributed by atoms with van der Waals surface area (Å²) < 4.78 is 1.64. The van der Waals surface area contributed by atoms with E-state index in [-0.39, 0.29) is 35.3 Å². The van der Waals surface area contributed by atoms with Crippen LogP contribution in [-0.4, -0.2) is 28.5 Å². The molecule has 1 aliphatic heterocycles. The molecule has 1 saturated carbocycles. The molecule has 0 radical (unpaired) electrons. The molecule has 5 rings (SSSR count). The highest BCUT2D eigenvalue weighted by Gasteiger charge is 2.48. The largest absolute Gasteiger partial charge is 0.325 e. The molecule has 6 nitrogen and oxygen atoms in total. The number of nitrogens with zero attached hydrogens (tertiary/aromatic N) is 2. The van der Waals surface area contributed by atoms with Crippen molar-refractivity contribution in [2.45, 2.75) is 36.9 Å². The predicted molar refractivity (Wildman–Crippen MR) is 133 cm³/mol. The quantitative estimate of drug-likeness (QED) is 0.361. The van der Waals surface area contributed by atoms with Crippen molar-refractivity contribution in [3.63, 3.8) is 0 Å². The molecule has 2 aliphatic rings. The summed E-state index contributed by atoms with van der Waals surface area (Å²) in [6, 6.07) is 10.9. The fraction of sp³-hybridized carbons (Fsp3) is 0.333. The standard InChI is InChI=1S/C24H22ClN3O3S2/c1-13-6-7-14(25)10-19(13)26-21(29)12-32-24-27-18-9-8-15(11-20(18)33-24)28-22(30)16-4-2-3-5-17(16)23(28)31/h6-11,16-17H,2-5,12H2,1H3,(H,26,29)/t16-,17+. The van der Waals surface area contributed by atoms with Crippen molar-refractivity contribution in [2.75, 3.05) is 16.0 Å². The number of nitrogens with one attached hydrogen (secondary N) is 1. The van der Waals surface area contributed by atoms with Gasteiger partial charge in [-0.1, -0.05) is 42.3 Å². The van der Waals surface area contributed by atoms with E-state index in [2.05, 4.69) is 10.3 Å². The van der Waals surface area contributed by atoms with Crippen molar-refractivity contribution in [3.8, 4) is 0 Å². The lowest BCUT2D eigenvalue weighted by Crippen LogP contribution is -2.30. The van der Waals surface area contributed by atoms with E-state index in [1.54, 1.807) is 18.2 Å². The van der Waals surface area contributed by atoms with Crippen molar-refractivity contribution >= 4 is 74.0 Å². The van der Waals surface area contributed by atoms with E-state index in [9.17, 15) is 14.4 Å². The number of aromatic nitrogens is 1. The summed E-state index contributed by atoms with van der Waals surface area (Å²) in [7, 11) is 0. The van der Waals surface area contributed by atoms with Gasteiger partial charge in [-0.3, -0.25) is 19.3 Å². The van der Waals surface area contributed by atoms with Crippen LogP contribution in [0.4, 0.5) is 11.4 Å². The van der Waals surface area contributed by atoms with Gasteiger partial charge in [-0.15, -0.1) is 11.3 Å². The molecule has 1 aliphatic carbocycles. The lowest BCUT2D eigenvalue weighted by atomic mass is 9.81. The summed E-state index contributed by atoms with van der Waals surface area (Å²) in [5.74, 6) is -0.411. The Kier molecular flexibility index (Phi) is 6.16. The fourth-order valence-electron chi connectivity index (χ4n) is 4.55. The van der Waals surface area contributed by atoms with Crippen LogP contribution in [-0.2, 0) is 14.4 Å². The van der Waals surface area contributed by atoms with Gasteiger partial charge in [-0.2, -0.15) is 0 Å². The second-order valence-corrected chi connectivity index (χ2v) is 11.1. The van der Waals surface area contributed by atoms with Crippen molar-refractivity contribution in [2.24, 2.45) is 11.8 Å². The van der Waals surface area contributed by atoms with Crippen LogP contribution in [0.15, 0.2) is 40.7 Å². The number of aryl methyl sites for hydroxylation is 1. The van der Waals surface area contributed by atoms with Crippen LogP contribution in [0.2, 0.25) is 5.02 Å². The van der Waals surface area contributed by atoms with Crippen LogP contribution in [0.5, 0.6) is 0 Å². The third kappa shape index (κ3) is 4.39. The van der Waals surface area contributed by atoms with Gasteiger partial charge in [0.2, 0.25) is 17.7 Å². The molecule has 3 amide bonds. The number of anilines is 2. The molecular weight excluding hydrogens is 478 g/mol. The topological polar surface area (TPSA) is 79.4 Å². The first-order chi connectivity index (χ1) is 15.9. The average Bonchev–Trinajstić information content (AvgIpc) is 3.33. The van der Waals surface area contributed by atoms with E-state index < -0.39 is 0 Å². The SMILES string of the molecule is Cc1ccc(Cl)cc1NC(=O)CSc1nc2ccc(N3C(=O)[C@H]4CCCC[C@H]4C3=O)cc2s1. The van der Waals surface area contributed by atoms with Crippen molar-refractivity contribution in [3.05, 3.63) is 47.0 Å². The Bertz CT molecular complexity index is 1250. The highest BCUT2D eigenvalue weighted by molar-refractivity contribution is 8.01. The minimum absolute atomic E-state index is 0.0730. The van der Waals surface area contributed by atoms with Crippen LogP contribution in [0.25, 0.3) is 10.2 Å². The Labute approximate surface area is 204 Å². The molecule has 1 aromatic heterocycles. The van der Waals surface area contributed by atoms with Gasteiger partial charge in [0.25, 0.3) is 0 Å². The van der Waals surface area contributed by atoms with Crippen molar-refractivity contribution < 1.29 is 14.4 Å². The second-order valence-electron chi connectivity index (χ2n) is 8.44. The Morgan fingerprint density at radius 1 is 1.15 bits per heavy atom. The van der Waals surface area contributed by atoms with Gasteiger partial charge in [-0.25, -0.2) is 4.98 Å². The molecule has 0 bridgehead atoms. The molecule has 170 valence electrons. The van der Waals surface area contributed by atoms with E-state index in [1.165, 1.54) is 28.0 Å². The molecular formula is C24H22ClN3O3S2. The molecule has 0 unspecified atom stereocenters. The molecule has 2 fully saturated rings. The van der Waals surface area contributed by atoms with Gasteiger partial charge in [0.05, 0.1) is 33.5 Å². The average molecular weight is 500 g/mol. The lowest BCUT2D eigenvalue weighted by Gasteiger charge is -2.19. The van der Waals surface area contributed by atoms with Crippen molar-refractivity contribution in [1.82, 2.24) is 4.98 Å². The first-order valence-electron chi connectivity index (χ1n) is 10.9. The number of amides is 3. The minimum atomic E-state index is -0.170. The Hall–Kier alpha value is -2.42. The molecule has 3 aromatic rings. The first kappa shape index (κ1) is 22.4. The number of hydrogen-bond donors (Lipinski definition) is 1. The zero-order valence-corrected chi connectivity index (χ0v) is 20.4. The number of hydrogen-bond acceptors (Lipinski definition) is 6. The number of imide groups is 1. The predicted octanol–water partition coefficient (Wildman–Crippen LogP) is 5.67. The van der Waals surface area contributed by atoms with Crippen LogP contribution in [0.1, 0.15) is 31.2 Å².